The summed E-state index contributed by atoms with van der Waals surface area (Å²) in [4.78, 5) is 25.8. The fourth-order valence-electron chi connectivity index (χ4n) is 3.62. The molecule has 0 radical (unpaired) electrons. The van der Waals surface area contributed by atoms with Gasteiger partial charge in [-0.05, 0) is 30.4 Å². The number of nitrogens with zero attached hydrogens (tertiary/aromatic N) is 1. The zero-order valence-corrected chi connectivity index (χ0v) is 20.0. The van der Waals surface area contributed by atoms with E-state index in [1.54, 1.807) is 17.6 Å². The Kier molecular flexibility index (Phi) is 8.82. The van der Waals surface area contributed by atoms with Crippen LogP contribution in [0.25, 0.3) is 11.0 Å². The number of hydroxylamine groups is 1. The first-order valence-corrected chi connectivity index (χ1v) is 12.5. The highest BCUT2D eigenvalue weighted by Gasteiger charge is 2.37. The van der Waals surface area contributed by atoms with Crippen molar-refractivity contribution in [1.82, 2.24) is 15.3 Å². The third-order valence-corrected chi connectivity index (χ3v) is 6.10. The van der Waals surface area contributed by atoms with Crippen molar-refractivity contribution in [2.75, 3.05) is 12.8 Å². The molecule has 0 unspecified atom stereocenters. The SMILES string of the molecule is CC(C)C[C@@H](C(=O)NN(CC(C)C)S(C)(=O)=O)[C@H](Cc1cc2ccccc2o1)C(=O)NO. The third-order valence-electron chi connectivity index (χ3n) is 5.06. The number of hydrogen-bond acceptors (Lipinski definition) is 6. The molecule has 0 spiro atoms. The predicted molar refractivity (Wildman–Crippen MR) is 121 cm³/mol. The lowest BCUT2D eigenvalue weighted by Gasteiger charge is -2.29. The first kappa shape index (κ1) is 25.8. The summed E-state index contributed by atoms with van der Waals surface area (Å²) in [7, 11) is -3.71. The normalized spacial score (nSPS) is 14.2. The molecule has 3 N–H and O–H groups in total. The molecule has 2 amide bonds. The molecule has 10 heteroatoms. The molecule has 0 saturated carbocycles. The van der Waals surface area contributed by atoms with E-state index in [0.717, 1.165) is 16.1 Å². The van der Waals surface area contributed by atoms with Gasteiger partial charge in [0.05, 0.1) is 18.1 Å². The second-order valence-electron chi connectivity index (χ2n) is 8.94. The Balaban J connectivity index is 2.37. The lowest BCUT2D eigenvalue weighted by Crippen LogP contribution is -2.52. The Morgan fingerprint density at radius 2 is 1.72 bits per heavy atom. The van der Waals surface area contributed by atoms with Gasteiger partial charge in [0.15, 0.2) is 0 Å². The van der Waals surface area contributed by atoms with Crippen molar-refractivity contribution in [2.45, 2.75) is 40.5 Å². The average Bonchev–Trinajstić information content (AvgIpc) is 3.10. The van der Waals surface area contributed by atoms with Crippen LogP contribution >= 0.6 is 0 Å². The molecule has 0 aliphatic rings. The van der Waals surface area contributed by atoms with Crippen LogP contribution in [0, 0.1) is 23.7 Å². The van der Waals surface area contributed by atoms with Crippen molar-refractivity contribution in [1.29, 1.82) is 0 Å². The molecule has 0 bridgehead atoms. The van der Waals surface area contributed by atoms with Crippen LogP contribution < -0.4 is 10.9 Å². The summed E-state index contributed by atoms with van der Waals surface area (Å²) < 4.78 is 31.1. The highest BCUT2D eigenvalue weighted by molar-refractivity contribution is 7.88. The molecule has 178 valence electrons. The predicted octanol–water partition coefficient (Wildman–Crippen LogP) is 2.71. The molecule has 9 nitrogen and oxygen atoms in total. The lowest BCUT2D eigenvalue weighted by atomic mass is 9.81. The number of carbonyl (C=O) groups is 2. The maximum absolute atomic E-state index is 13.2. The molecule has 1 aromatic carbocycles. The van der Waals surface area contributed by atoms with E-state index in [1.807, 2.05) is 45.9 Å². The molecule has 0 fully saturated rings. The number of sulfonamides is 1. The molecule has 0 aliphatic carbocycles. The lowest BCUT2D eigenvalue weighted by molar-refractivity contribution is -0.142. The Labute approximate surface area is 189 Å². The Morgan fingerprint density at radius 1 is 1.06 bits per heavy atom. The standard InChI is InChI=1S/C22H33N3O6S/c1-14(2)10-18(21(26)23-25(13-15(3)4)32(5,29)30)19(22(27)24-28)12-17-11-16-8-6-7-9-20(16)31-17/h6-9,11,14-15,18-19,28H,10,12-13H2,1-5H3,(H,23,26)(H,24,27)/t18-,19+/m1/s1. The van der Waals surface area contributed by atoms with E-state index >= 15 is 0 Å². The molecule has 0 aliphatic heterocycles. The first-order valence-electron chi connectivity index (χ1n) is 10.6. The summed E-state index contributed by atoms with van der Waals surface area (Å²) in [5.74, 6) is -2.71. The van der Waals surface area contributed by atoms with Crippen molar-refractivity contribution >= 4 is 32.8 Å². The molecular weight excluding hydrogens is 434 g/mol. The number of para-hydroxylation sites is 1. The molecule has 1 heterocycles. The molecule has 2 atom stereocenters. The van der Waals surface area contributed by atoms with Gasteiger partial charge in [0, 0.05) is 18.4 Å². The van der Waals surface area contributed by atoms with Gasteiger partial charge in [-0.1, -0.05) is 45.9 Å². The minimum atomic E-state index is -3.71. The average molecular weight is 468 g/mol. The third kappa shape index (κ3) is 7.04. The molecule has 2 aromatic rings. The highest BCUT2D eigenvalue weighted by atomic mass is 32.2. The first-order chi connectivity index (χ1) is 14.9. The number of nitrogens with one attached hydrogen (secondary N) is 2. The number of rotatable bonds is 11. The fraction of sp³-hybridized carbons (Fsp3) is 0.545. The van der Waals surface area contributed by atoms with E-state index < -0.39 is 33.7 Å². The van der Waals surface area contributed by atoms with Crippen molar-refractivity contribution < 1.29 is 27.6 Å². The van der Waals surface area contributed by atoms with Gasteiger partial charge in [-0.3, -0.25) is 20.2 Å². The van der Waals surface area contributed by atoms with Gasteiger partial charge in [0.25, 0.3) is 0 Å². The van der Waals surface area contributed by atoms with Crippen LogP contribution in [0.15, 0.2) is 34.7 Å². The summed E-state index contributed by atoms with van der Waals surface area (Å²) in [5, 5.41) is 10.2. The number of hydrogen-bond donors (Lipinski definition) is 3. The number of carbonyl (C=O) groups excluding carboxylic acids is 2. The number of benzene rings is 1. The Bertz CT molecular complexity index is 998. The van der Waals surface area contributed by atoms with Crippen molar-refractivity contribution in [3.8, 4) is 0 Å². The summed E-state index contributed by atoms with van der Waals surface area (Å²) in [5.41, 5.74) is 4.78. The van der Waals surface area contributed by atoms with E-state index in [-0.39, 0.29) is 24.8 Å². The zero-order chi connectivity index (χ0) is 24.1. The Hall–Kier alpha value is -2.43. The summed E-state index contributed by atoms with van der Waals surface area (Å²) in [6.45, 7) is 7.56. The summed E-state index contributed by atoms with van der Waals surface area (Å²) >= 11 is 0. The van der Waals surface area contributed by atoms with Crippen LogP contribution in [0.5, 0.6) is 0 Å². The number of hydrazine groups is 1. The second kappa shape index (κ2) is 10.9. The summed E-state index contributed by atoms with van der Waals surface area (Å²) in [6.07, 6.45) is 1.39. The van der Waals surface area contributed by atoms with Gasteiger partial charge in [0.1, 0.15) is 11.3 Å². The molecule has 2 rings (SSSR count). The second-order valence-corrected chi connectivity index (χ2v) is 10.8. The highest BCUT2D eigenvalue weighted by Crippen LogP contribution is 2.28. The molecular formula is C22H33N3O6S. The maximum Gasteiger partial charge on any atom is 0.247 e. The van der Waals surface area contributed by atoms with Crippen LogP contribution in [0.1, 0.15) is 39.9 Å². The monoisotopic (exact) mass is 467 g/mol. The van der Waals surface area contributed by atoms with Crippen molar-refractivity contribution in [3.63, 3.8) is 0 Å². The fourth-order valence-corrected chi connectivity index (χ4v) is 4.44. The van der Waals surface area contributed by atoms with Gasteiger partial charge in [-0.2, -0.15) is 0 Å². The molecule has 1 aromatic heterocycles. The van der Waals surface area contributed by atoms with Crippen LogP contribution in [0.3, 0.4) is 0 Å². The van der Waals surface area contributed by atoms with E-state index in [9.17, 15) is 23.2 Å². The summed E-state index contributed by atoms with van der Waals surface area (Å²) in [6, 6.07) is 9.16. The minimum Gasteiger partial charge on any atom is -0.461 e. The van der Waals surface area contributed by atoms with Crippen molar-refractivity contribution in [2.24, 2.45) is 23.7 Å². The van der Waals surface area contributed by atoms with E-state index in [2.05, 4.69) is 5.43 Å². The molecule has 0 saturated heterocycles. The van der Waals surface area contributed by atoms with Crippen LogP contribution in [0.4, 0.5) is 0 Å². The van der Waals surface area contributed by atoms with E-state index in [1.165, 1.54) is 0 Å². The van der Waals surface area contributed by atoms with E-state index in [4.69, 9.17) is 4.42 Å². The zero-order valence-electron chi connectivity index (χ0n) is 19.2. The van der Waals surface area contributed by atoms with Gasteiger partial charge in [-0.25, -0.2) is 13.9 Å². The van der Waals surface area contributed by atoms with Gasteiger partial charge >= 0.3 is 0 Å². The maximum atomic E-state index is 13.2. The van der Waals surface area contributed by atoms with Gasteiger partial charge in [-0.15, -0.1) is 4.41 Å². The Morgan fingerprint density at radius 3 is 2.25 bits per heavy atom. The number of furan rings is 1. The topological polar surface area (TPSA) is 129 Å². The quantitative estimate of drug-likeness (QED) is 0.344. The molecule has 32 heavy (non-hydrogen) atoms. The van der Waals surface area contributed by atoms with Gasteiger partial charge in [0.2, 0.25) is 21.8 Å². The smallest absolute Gasteiger partial charge is 0.247 e. The van der Waals surface area contributed by atoms with Crippen LogP contribution in [-0.2, 0) is 26.0 Å². The minimum absolute atomic E-state index is 0.0272. The van der Waals surface area contributed by atoms with Gasteiger partial charge < -0.3 is 4.42 Å². The van der Waals surface area contributed by atoms with Crippen molar-refractivity contribution in [3.05, 3.63) is 36.1 Å². The number of amides is 2. The number of fused-ring (bicyclic) bond motifs is 1. The van der Waals surface area contributed by atoms with Crippen LogP contribution in [0.2, 0.25) is 0 Å². The largest absolute Gasteiger partial charge is 0.461 e. The van der Waals surface area contributed by atoms with E-state index in [0.29, 0.717) is 17.8 Å². The van der Waals surface area contributed by atoms with Crippen LogP contribution in [-0.4, -0.2) is 42.7 Å².